The first-order valence-electron chi connectivity index (χ1n) is 7.00. The first-order valence-corrected chi connectivity index (χ1v) is 7.00. The highest BCUT2D eigenvalue weighted by Crippen LogP contribution is 2.12. The van der Waals surface area contributed by atoms with Crippen molar-refractivity contribution >= 4 is 11.6 Å². The quantitative estimate of drug-likeness (QED) is 0.759. The fourth-order valence-corrected chi connectivity index (χ4v) is 2.49. The van der Waals surface area contributed by atoms with Crippen molar-refractivity contribution in [2.45, 2.75) is 6.42 Å². The van der Waals surface area contributed by atoms with Crippen molar-refractivity contribution in [3.8, 4) is 0 Å². The van der Waals surface area contributed by atoms with E-state index in [1.54, 1.807) is 12.1 Å². The molecule has 0 bridgehead atoms. The lowest BCUT2D eigenvalue weighted by Crippen LogP contribution is -2.37. The molecule has 112 valence electrons. The van der Waals surface area contributed by atoms with Gasteiger partial charge in [-0.25, -0.2) is 4.79 Å². The average molecular weight is 290 g/mol. The van der Waals surface area contributed by atoms with E-state index in [2.05, 4.69) is 15.1 Å². The van der Waals surface area contributed by atoms with Gasteiger partial charge in [0.15, 0.2) is 5.65 Å². The van der Waals surface area contributed by atoms with Crippen LogP contribution in [0.4, 0.5) is 0 Å². The van der Waals surface area contributed by atoms with Gasteiger partial charge < -0.3 is 9.47 Å². The second kappa shape index (κ2) is 6.19. The van der Waals surface area contributed by atoms with E-state index in [4.69, 9.17) is 9.47 Å². The van der Waals surface area contributed by atoms with Crippen molar-refractivity contribution in [3.63, 3.8) is 0 Å². The number of hydrogen-bond acceptors (Lipinski definition) is 6. The zero-order valence-electron chi connectivity index (χ0n) is 12.0. The molecular weight excluding hydrogens is 272 g/mol. The molecule has 3 rings (SSSR count). The minimum absolute atomic E-state index is 0.396. The highest BCUT2D eigenvalue weighted by molar-refractivity contribution is 5.95. The van der Waals surface area contributed by atoms with Crippen LogP contribution in [0.2, 0.25) is 0 Å². The second-order valence-corrected chi connectivity index (χ2v) is 4.93. The van der Waals surface area contributed by atoms with Crippen LogP contribution in [-0.2, 0) is 15.9 Å². The molecule has 0 saturated carbocycles. The van der Waals surface area contributed by atoms with Gasteiger partial charge in [0.2, 0.25) is 0 Å². The Morgan fingerprint density at radius 3 is 2.95 bits per heavy atom. The first kappa shape index (κ1) is 14.0. The summed E-state index contributed by atoms with van der Waals surface area (Å²) in [6, 6.07) is 3.50. The zero-order valence-corrected chi connectivity index (χ0v) is 12.0. The fraction of sp³-hybridized carbons (Fsp3) is 0.500. The Morgan fingerprint density at radius 1 is 1.38 bits per heavy atom. The van der Waals surface area contributed by atoms with Crippen LogP contribution < -0.4 is 0 Å². The summed E-state index contributed by atoms with van der Waals surface area (Å²) in [6.45, 7) is 4.38. The largest absolute Gasteiger partial charge is 0.465 e. The number of rotatable bonds is 4. The molecule has 1 saturated heterocycles. The lowest BCUT2D eigenvalue weighted by Gasteiger charge is -2.26. The Balaban J connectivity index is 1.78. The van der Waals surface area contributed by atoms with Gasteiger partial charge in [-0.2, -0.15) is 0 Å². The van der Waals surface area contributed by atoms with Crippen molar-refractivity contribution in [2.24, 2.45) is 0 Å². The number of pyridine rings is 1. The Hall–Kier alpha value is -1.99. The van der Waals surface area contributed by atoms with Crippen LogP contribution in [0.1, 0.15) is 16.2 Å². The molecule has 3 heterocycles. The third-order valence-corrected chi connectivity index (χ3v) is 3.67. The lowest BCUT2D eigenvalue weighted by atomic mass is 10.2. The van der Waals surface area contributed by atoms with E-state index < -0.39 is 5.97 Å². The lowest BCUT2D eigenvalue weighted by molar-refractivity contribution is 0.0382. The van der Waals surface area contributed by atoms with Gasteiger partial charge in [-0.3, -0.25) is 9.30 Å². The van der Waals surface area contributed by atoms with E-state index in [0.29, 0.717) is 11.2 Å². The second-order valence-electron chi connectivity index (χ2n) is 4.93. The molecule has 7 nitrogen and oxygen atoms in total. The van der Waals surface area contributed by atoms with Gasteiger partial charge in [0.1, 0.15) is 11.4 Å². The van der Waals surface area contributed by atoms with Gasteiger partial charge in [-0.1, -0.05) is 0 Å². The monoisotopic (exact) mass is 290 g/mol. The van der Waals surface area contributed by atoms with E-state index in [1.165, 1.54) is 7.11 Å². The van der Waals surface area contributed by atoms with Crippen LogP contribution in [0.5, 0.6) is 0 Å². The SMILES string of the molecule is COC(=O)c1cccn2c(CCN3CCOCC3)nnc12. The molecule has 0 aliphatic carbocycles. The number of ether oxygens (including phenoxy) is 2. The van der Waals surface area contributed by atoms with Crippen LogP contribution in [-0.4, -0.2) is 65.4 Å². The third-order valence-electron chi connectivity index (χ3n) is 3.67. The molecule has 2 aromatic rings. The summed E-state index contributed by atoms with van der Waals surface area (Å²) in [7, 11) is 1.36. The summed E-state index contributed by atoms with van der Waals surface area (Å²) in [4.78, 5) is 14.1. The third kappa shape index (κ3) is 2.88. The molecular formula is C14H18N4O3. The maximum absolute atomic E-state index is 11.7. The van der Waals surface area contributed by atoms with Gasteiger partial charge in [-0.15, -0.1) is 10.2 Å². The number of hydrogen-bond donors (Lipinski definition) is 0. The molecule has 1 fully saturated rings. The van der Waals surface area contributed by atoms with Crippen molar-refractivity contribution in [1.82, 2.24) is 19.5 Å². The molecule has 7 heteroatoms. The van der Waals surface area contributed by atoms with Crippen LogP contribution in [0.3, 0.4) is 0 Å². The van der Waals surface area contributed by atoms with Crippen LogP contribution in [0, 0.1) is 0 Å². The number of methoxy groups -OCH3 is 1. The fourth-order valence-electron chi connectivity index (χ4n) is 2.49. The number of esters is 1. The van der Waals surface area contributed by atoms with Crippen LogP contribution in [0.15, 0.2) is 18.3 Å². The predicted octanol–water partition coefficient (Wildman–Crippen LogP) is 0.391. The van der Waals surface area contributed by atoms with E-state index in [1.807, 2.05) is 10.6 Å². The van der Waals surface area contributed by atoms with Crippen molar-refractivity contribution in [1.29, 1.82) is 0 Å². The number of carbonyl (C=O) groups excluding carboxylic acids is 1. The van der Waals surface area contributed by atoms with E-state index in [0.717, 1.165) is 45.1 Å². The van der Waals surface area contributed by atoms with Crippen molar-refractivity contribution in [2.75, 3.05) is 40.0 Å². The topological polar surface area (TPSA) is 69.0 Å². The summed E-state index contributed by atoms with van der Waals surface area (Å²) in [5, 5.41) is 8.32. The molecule has 0 aromatic carbocycles. The Kier molecular flexibility index (Phi) is 4.12. The molecule has 21 heavy (non-hydrogen) atoms. The van der Waals surface area contributed by atoms with Crippen LogP contribution in [0.25, 0.3) is 5.65 Å². The van der Waals surface area contributed by atoms with Gasteiger partial charge in [0, 0.05) is 32.3 Å². The minimum Gasteiger partial charge on any atom is -0.465 e. The van der Waals surface area contributed by atoms with E-state index in [9.17, 15) is 4.79 Å². The molecule has 1 aliphatic heterocycles. The number of morpholine rings is 1. The van der Waals surface area contributed by atoms with Gasteiger partial charge in [-0.05, 0) is 12.1 Å². The van der Waals surface area contributed by atoms with E-state index >= 15 is 0 Å². The Morgan fingerprint density at radius 2 is 2.19 bits per heavy atom. The summed E-state index contributed by atoms with van der Waals surface area (Å²) in [5.41, 5.74) is 0.978. The molecule has 0 spiro atoms. The average Bonchev–Trinajstić information content (AvgIpc) is 2.96. The number of fused-ring (bicyclic) bond motifs is 1. The minimum atomic E-state index is -0.396. The van der Waals surface area contributed by atoms with Gasteiger partial charge >= 0.3 is 5.97 Å². The van der Waals surface area contributed by atoms with Crippen molar-refractivity contribution in [3.05, 3.63) is 29.7 Å². The molecule has 1 aliphatic rings. The number of aromatic nitrogens is 3. The zero-order chi connectivity index (χ0) is 14.7. The van der Waals surface area contributed by atoms with Gasteiger partial charge in [0.25, 0.3) is 0 Å². The highest BCUT2D eigenvalue weighted by Gasteiger charge is 2.16. The molecule has 0 amide bonds. The normalized spacial score (nSPS) is 16.2. The summed E-state index contributed by atoms with van der Waals surface area (Å²) < 4.78 is 12.0. The number of nitrogens with zero attached hydrogens (tertiary/aromatic N) is 4. The van der Waals surface area contributed by atoms with E-state index in [-0.39, 0.29) is 0 Å². The Bertz CT molecular complexity index is 634. The first-order chi connectivity index (χ1) is 10.3. The van der Waals surface area contributed by atoms with Crippen molar-refractivity contribution < 1.29 is 14.3 Å². The maximum atomic E-state index is 11.7. The smallest absolute Gasteiger partial charge is 0.341 e. The van der Waals surface area contributed by atoms with Gasteiger partial charge in [0.05, 0.1) is 20.3 Å². The summed E-state index contributed by atoms with van der Waals surface area (Å²) >= 11 is 0. The standard InChI is InChI=1S/C14H18N4O3/c1-20-14(19)11-3-2-5-18-12(15-16-13(11)18)4-6-17-7-9-21-10-8-17/h2-3,5H,4,6-10H2,1H3. The number of carbonyl (C=O) groups is 1. The summed E-state index contributed by atoms with van der Waals surface area (Å²) in [5.74, 6) is 0.454. The predicted molar refractivity (Wildman–Crippen MR) is 75.3 cm³/mol. The molecule has 0 N–H and O–H groups in total. The molecule has 0 unspecified atom stereocenters. The van der Waals surface area contributed by atoms with Crippen LogP contribution >= 0.6 is 0 Å². The summed E-state index contributed by atoms with van der Waals surface area (Å²) in [6.07, 6.45) is 2.65. The molecule has 2 aromatic heterocycles. The molecule has 0 radical (unpaired) electrons. The highest BCUT2D eigenvalue weighted by atomic mass is 16.5. The Labute approximate surface area is 122 Å². The molecule has 0 atom stereocenters. The maximum Gasteiger partial charge on any atom is 0.341 e.